The molecule has 0 aliphatic carbocycles. The summed E-state index contributed by atoms with van der Waals surface area (Å²) in [6.45, 7) is 0.340. The van der Waals surface area contributed by atoms with Gasteiger partial charge in [-0.05, 0) is 36.6 Å². The molecule has 6 heteroatoms. The maximum absolute atomic E-state index is 13.5. The summed E-state index contributed by atoms with van der Waals surface area (Å²) < 4.78 is 40.1. The lowest BCUT2D eigenvalue weighted by Gasteiger charge is -2.12. The second kappa shape index (κ2) is 8.26. The molecule has 0 bridgehead atoms. The van der Waals surface area contributed by atoms with Crippen LogP contribution >= 0.6 is 0 Å². The molecule has 4 nitrogen and oxygen atoms in total. The molecular formula is C18H23FN2O2S. The number of aryl methyl sites for hydroxylation is 1. The highest BCUT2D eigenvalue weighted by molar-refractivity contribution is 7.88. The van der Waals surface area contributed by atoms with Gasteiger partial charge in [0, 0.05) is 31.9 Å². The summed E-state index contributed by atoms with van der Waals surface area (Å²) >= 11 is 0. The molecule has 130 valence electrons. The third kappa shape index (κ3) is 5.62. The van der Waals surface area contributed by atoms with Crippen molar-refractivity contribution in [1.29, 1.82) is 0 Å². The zero-order valence-corrected chi connectivity index (χ0v) is 14.8. The molecule has 2 aromatic carbocycles. The van der Waals surface area contributed by atoms with Gasteiger partial charge < -0.3 is 4.90 Å². The van der Waals surface area contributed by atoms with Crippen LogP contribution in [-0.4, -0.2) is 29.1 Å². The fourth-order valence-electron chi connectivity index (χ4n) is 2.35. The Morgan fingerprint density at radius 2 is 1.71 bits per heavy atom. The van der Waals surface area contributed by atoms with Crippen LogP contribution in [0.15, 0.2) is 48.5 Å². The Morgan fingerprint density at radius 1 is 1.04 bits per heavy atom. The van der Waals surface area contributed by atoms with Gasteiger partial charge >= 0.3 is 0 Å². The molecule has 0 amide bonds. The molecule has 0 unspecified atom stereocenters. The van der Waals surface area contributed by atoms with E-state index in [1.165, 1.54) is 12.1 Å². The van der Waals surface area contributed by atoms with Gasteiger partial charge in [-0.25, -0.2) is 17.5 Å². The Hall–Kier alpha value is -1.92. The molecule has 0 aliphatic heterocycles. The first kappa shape index (κ1) is 18.4. The summed E-state index contributed by atoms with van der Waals surface area (Å²) in [6, 6.07) is 14.1. The van der Waals surface area contributed by atoms with E-state index < -0.39 is 15.8 Å². The van der Waals surface area contributed by atoms with Gasteiger partial charge in [-0.1, -0.05) is 30.3 Å². The summed E-state index contributed by atoms with van der Waals surface area (Å²) in [4.78, 5) is 2.03. The van der Waals surface area contributed by atoms with Gasteiger partial charge in [0.15, 0.2) is 0 Å². The Labute approximate surface area is 143 Å². The minimum absolute atomic E-state index is 0.185. The first-order valence-electron chi connectivity index (χ1n) is 7.84. The number of hydrogen-bond acceptors (Lipinski definition) is 3. The molecule has 0 saturated carbocycles. The van der Waals surface area contributed by atoms with Crippen LogP contribution in [0.1, 0.15) is 17.5 Å². The lowest BCUT2D eigenvalue weighted by atomic mass is 10.1. The fraction of sp³-hybridized carbons (Fsp3) is 0.333. The highest BCUT2D eigenvalue weighted by atomic mass is 32.2. The molecule has 0 heterocycles. The number of nitrogens with zero attached hydrogens (tertiary/aromatic N) is 1. The van der Waals surface area contributed by atoms with Crippen molar-refractivity contribution in [3.8, 4) is 0 Å². The predicted octanol–water partition coefficient (Wildman–Crippen LogP) is 2.94. The van der Waals surface area contributed by atoms with E-state index in [1.807, 2.05) is 43.3 Å². The van der Waals surface area contributed by atoms with E-state index in [0.29, 0.717) is 13.0 Å². The number of nitrogens with one attached hydrogen (secondary N) is 1. The van der Waals surface area contributed by atoms with Crippen molar-refractivity contribution in [3.05, 3.63) is 65.5 Å². The van der Waals surface area contributed by atoms with Gasteiger partial charge in [0.05, 0.1) is 5.75 Å². The topological polar surface area (TPSA) is 49.4 Å². The number of anilines is 1. The molecule has 0 radical (unpaired) electrons. The van der Waals surface area contributed by atoms with Crippen molar-refractivity contribution in [3.63, 3.8) is 0 Å². The van der Waals surface area contributed by atoms with Crippen molar-refractivity contribution in [2.75, 3.05) is 25.5 Å². The largest absolute Gasteiger partial charge is 0.378 e. The van der Waals surface area contributed by atoms with Gasteiger partial charge in [-0.2, -0.15) is 0 Å². The van der Waals surface area contributed by atoms with Gasteiger partial charge in [-0.3, -0.25) is 0 Å². The van der Waals surface area contributed by atoms with Crippen LogP contribution in [0.2, 0.25) is 0 Å². The first-order chi connectivity index (χ1) is 11.4. The van der Waals surface area contributed by atoms with Gasteiger partial charge in [0.1, 0.15) is 5.82 Å². The zero-order chi connectivity index (χ0) is 17.6. The van der Waals surface area contributed by atoms with E-state index >= 15 is 0 Å². The standard InChI is InChI=1S/C18H23FN2O2S/c1-21(2)17-11-9-15(10-12-17)6-5-13-20-24(22,23)14-16-7-3-4-8-18(16)19/h3-4,7-12,20H,5-6,13-14H2,1-2H3. The Kier molecular flexibility index (Phi) is 6.34. The Morgan fingerprint density at radius 3 is 2.33 bits per heavy atom. The van der Waals surface area contributed by atoms with Crippen molar-refractivity contribution in [2.24, 2.45) is 0 Å². The van der Waals surface area contributed by atoms with Crippen molar-refractivity contribution < 1.29 is 12.8 Å². The zero-order valence-electron chi connectivity index (χ0n) is 14.0. The maximum atomic E-state index is 13.5. The highest BCUT2D eigenvalue weighted by Crippen LogP contribution is 2.13. The lowest BCUT2D eigenvalue weighted by molar-refractivity contribution is 0.572. The summed E-state index contributed by atoms with van der Waals surface area (Å²) in [7, 11) is 0.445. The number of hydrogen-bond donors (Lipinski definition) is 1. The lowest BCUT2D eigenvalue weighted by Crippen LogP contribution is -2.26. The van der Waals surface area contributed by atoms with Gasteiger partial charge in [-0.15, -0.1) is 0 Å². The smallest absolute Gasteiger partial charge is 0.215 e. The second-order valence-corrected chi connectivity index (χ2v) is 7.72. The molecule has 24 heavy (non-hydrogen) atoms. The minimum Gasteiger partial charge on any atom is -0.378 e. The normalized spacial score (nSPS) is 11.5. The summed E-state index contributed by atoms with van der Waals surface area (Å²) in [5.41, 5.74) is 2.47. The van der Waals surface area contributed by atoms with Crippen LogP contribution in [0.5, 0.6) is 0 Å². The summed E-state index contributed by atoms with van der Waals surface area (Å²) in [6.07, 6.45) is 1.48. The van der Waals surface area contributed by atoms with E-state index in [0.717, 1.165) is 17.7 Å². The van der Waals surface area contributed by atoms with Crippen molar-refractivity contribution >= 4 is 15.7 Å². The van der Waals surface area contributed by atoms with Crippen molar-refractivity contribution in [2.45, 2.75) is 18.6 Å². The van der Waals surface area contributed by atoms with E-state index in [1.54, 1.807) is 12.1 Å². The Bertz CT molecular complexity index is 759. The van der Waals surface area contributed by atoms with Gasteiger partial charge in [0.2, 0.25) is 10.0 Å². The average Bonchev–Trinajstić information content (AvgIpc) is 2.54. The van der Waals surface area contributed by atoms with Crippen molar-refractivity contribution in [1.82, 2.24) is 4.72 Å². The monoisotopic (exact) mass is 350 g/mol. The molecule has 0 spiro atoms. The number of halogens is 1. The molecule has 2 aromatic rings. The number of benzene rings is 2. The molecule has 0 fully saturated rings. The van der Waals surface area contributed by atoms with E-state index in [-0.39, 0.29) is 11.3 Å². The molecule has 0 aliphatic rings. The molecular weight excluding hydrogens is 327 g/mol. The highest BCUT2D eigenvalue weighted by Gasteiger charge is 2.13. The second-order valence-electron chi connectivity index (χ2n) is 5.91. The maximum Gasteiger partial charge on any atom is 0.215 e. The van der Waals surface area contributed by atoms with E-state index in [4.69, 9.17) is 0 Å². The van der Waals surface area contributed by atoms with Crippen LogP contribution in [0, 0.1) is 5.82 Å². The van der Waals surface area contributed by atoms with E-state index in [2.05, 4.69) is 4.72 Å². The van der Waals surface area contributed by atoms with Crippen LogP contribution in [0.4, 0.5) is 10.1 Å². The third-order valence-electron chi connectivity index (χ3n) is 3.72. The average molecular weight is 350 g/mol. The Balaban J connectivity index is 1.79. The van der Waals surface area contributed by atoms with Crippen LogP contribution in [0.3, 0.4) is 0 Å². The minimum atomic E-state index is -3.53. The van der Waals surface area contributed by atoms with Crippen LogP contribution < -0.4 is 9.62 Å². The number of rotatable bonds is 8. The molecule has 0 aromatic heterocycles. The SMILES string of the molecule is CN(C)c1ccc(CCCNS(=O)(=O)Cc2ccccc2F)cc1. The molecule has 2 rings (SSSR count). The first-order valence-corrected chi connectivity index (χ1v) is 9.49. The predicted molar refractivity (Wildman–Crippen MR) is 96.1 cm³/mol. The van der Waals surface area contributed by atoms with Crippen LogP contribution in [-0.2, 0) is 22.2 Å². The number of sulfonamides is 1. The van der Waals surface area contributed by atoms with Gasteiger partial charge in [0.25, 0.3) is 0 Å². The summed E-state index contributed by atoms with van der Waals surface area (Å²) in [5, 5.41) is 0. The quantitative estimate of drug-likeness (QED) is 0.745. The molecule has 0 atom stereocenters. The fourth-order valence-corrected chi connectivity index (χ4v) is 3.55. The van der Waals surface area contributed by atoms with Crippen LogP contribution in [0.25, 0.3) is 0 Å². The van der Waals surface area contributed by atoms with E-state index in [9.17, 15) is 12.8 Å². The molecule has 1 N–H and O–H groups in total. The molecule has 0 saturated heterocycles. The summed E-state index contributed by atoms with van der Waals surface area (Å²) in [5.74, 6) is -0.833. The third-order valence-corrected chi connectivity index (χ3v) is 5.06.